The molecule has 1 aromatic rings. The van der Waals surface area contributed by atoms with E-state index >= 15 is 0 Å². The molecule has 2 rings (SSSR count). The molecule has 5 nitrogen and oxygen atoms in total. The van der Waals surface area contributed by atoms with Gasteiger partial charge in [-0.25, -0.2) is 9.97 Å². The summed E-state index contributed by atoms with van der Waals surface area (Å²) in [5.74, 6) is 0.792. The zero-order chi connectivity index (χ0) is 15.3. The van der Waals surface area contributed by atoms with Gasteiger partial charge >= 0.3 is 0 Å². The van der Waals surface area contributed by atoms with E-state index in [-0.39, 0.29) is 11.1 Å². The summed E-state index contributed by atoms with van der Waals surface area (Å²) in [7, 11) is 0. The molecule has 1 fully saturated rings. The molecule has 1 aromatic heterocycles. The molecule has 0 radical (unpaired) electrons. The van der Waals surface area contributed by atoms with Crippen LogP contribution in [0.15, 0.2) is 12.3 Å². The highest BCUT2D eigenvalue weighted by atomic mass is 16.5. The first kappa shape index (κ1) is 16.3. The fourth-order valence-corrected chi connectivity index (χ4v) is 2.48. The first-order valence-corrected chi connectivity index (χ1v) is 7.74. The lowest BCUT2D eigenvalue weighted by atomic mass is 9.92. The molecular weight excluding hydrogens is 266 g/mol. The Morgan fingerprint density at radius 1 is 1.33 bits per heavy atom. The molecule has 21 heavy (non-hydrogen) atoms. The van der Waals surface area contributed by atoms with Gasteiger partial charge in [0.1, 0.15) is 5.60 Å². The fraction of sp³-hybridized carbons (Fsp3) is 0.750. The van der Waals surface area contributed by atoms with Crippen molar-refractivity contribution >= 4 is 0 Å². The van der Waals surface area contributed by atoms with Crippen LogP contribution in [0.25, 0.3) is 0 Å². The first-order chi connectivity index (χ1) is 9.95. The number of rotatable bonds is 5. The molecule has 0 amide bonds. The average Bonchev–Trinajstić information content (AvgIpc) is 2.46. The Labute approximate surface area is 127 Å². The Bertz CT molecular complexity index is 446. The van der Waals surface area contributed by atoms with Gasteiger partial charge < -0.3 is 14.8 Å². The highest BCUT2D eigenvalue weighted by Gasteiger charge is 2.38. The van der Waals surface area contributed by atoms with E-state index in [1.807, 2.05) is 19.2 Å². The van der Waals surface area contributed by atoms with Gasteiger partial charge in [-0.3, -0.25) is 0 Å². The van der Waals surface area contributed by atoms with Crippen molar-refractivity contribution in [1.82, 2.24) is 15.3 Å². The third-order valence-electron chi connectivity index (χ3n) is 3.64. The van der Waals surface area contributed by atoms with Crippen LogP contribution in [-0.2, 0) is 21.6 Å². The zero-order valence-electron chi connectivity index (χ0n) is 13.6. The number of aromatic nitrogens is 2. The second-order valence-corrected chi connectivity index (χ2v) is 6.51. The molecule has 0 atom stereocenters. The Balaban J connectivity index is 2.17. The van der Waals surface area contributed by atoms with Crippen molar-refractivity contribution in [3.63, 3.8) is 0 Å². The SMILES string of the molecule is CCOC1(c2nccc(CNC(C)(C)C)n2)CCOCC1. The molecule has 5 heteroatoms. The van der Waals surface area contributed by atoms with Crippen molar-refractivity contribution in [3.05, 3.63) is 23.8 Å². The molecule has 118 valence electrons. The quantitative estimate of drug-likeness (QED) is 0.903. The normalized spacial score (nSPS) is 18.7. The minimum Gasteiger partial charge on any atom is -0.381 e. The van der Waals surface area contributed by atoms with Crippen LogP contribution in [0.4, 0.5) is 0 Å². The van der Waals surface area contributed by atoms with Crippen molar-refractivity contribution in [2.45, 2.75) is 58.2 Å². The highest BCUT2D eigenvalue weighted by Crippen LogP contribution is 2.33. The maximum absolute atomic E-state index is 6.03. The third kappa shape index (κ3) is 4.46. The van der Waals surface area contributed by atoms with Crippen LogP contribution in [0.5, 0.6) is 0 Å². The van der Waals surface area contributed by atoms with Crippen LogP contribution in [0, 0.1) is 0 Å². The van der Waals surface area contributed by atoms with Crippen molar-refractivity contribution in [2.75, 3.05) is 19.8 Å². The molecular formula is C16H27N3O2. The Kier molecular flexibility index (Phi) is 5.30. The third-order valence-corrected chi connectivity index (χ3v) is 3.64. The minimum absolute atomic E-state index is 0.0708. The van der Waals surface area contributed by atoms with Crippen LogP contribution in [0.2, 0.25) is 0 Å². The second kappa shape index (κ2) is 6.81. The van der Waals surface area contributed by atoms with Gasteiger partial charge in [-0.05, 0) is 33.8 Å². The van der Waals surface area contributed by atoms with Crippen LogP contribution >= 0.6 is 0 Å². The molecule has 1 N–H and O–H groups in total. The number of hydrogen-bond acceptors (Lipinski definition) is 5. The molecule has 0 unspecified atom stereocenters. The Hall–Kier alpha value is -1.04. The average molecular weight is 293 g/mol. The van der Waals surface area contributed by atoms with E-state index < -0.39 is 0 Å². The Morgan fingerprint density at radius 3 is 2.67 bits per heavy atom. The van der Waals surface area contributed by atoms with E-state index in [2.05, 4.69) is 31.1 Å². The molecule has 1 saturated heterocycles. The van der Waals surface area contributed by atoms with Crippen LogP contribution < -0.4 is 5.32 Å². The van der Waals surface area contributed by atoms with E-state index in [1.54, 1.807) is 0 Å². The molecule has 0 aliphatic carbocycles. The minimum atomic E-state index is -0.384. The predicted molar refractivity (Wildman–Crippen MR) is 82.0 cm³/mol. The molecule has 2 heterocycles. The maximum atomic E-state index is 6.03. The van der Waals surface area contributed by atoms with Gasteiger partial charge in [-0.2, -0.15) is 0 Å². The highest BCUT2D eigenvalue weighted by molar-refractivity contribution is 5.10. The summed E-state index contributed by atoms with van der Waals surface area (Å²) in [4.78, 5) is 9.21. The van der Waals surface area contributed by atoms with Gasteiger partial charge in [0.05, 0.1) is 5.69 Å². The van der Waals surface area contributed by atoms with E-state index in [0.717, 1.165) is 30.9 Å². The standard InChI is InChI=1S/C16H27N3O2/c1-5-21-16(7-10-20-11-8-16)14-17-9-6-13(19-14)12-18-15(2,3)4/h6,9,18H,5,7-8,10-12H2,1-4H3. The van der Waals surface area contributed by atoms with Crippen molar-refractivity contribution in [1.29, 1.82) is 0 Å². The molecule has 0 spiro atoms. The molecule has 0 saturated carbocycles. The fourth-order valence-electron chi connectivity index (χ4n) is 2.48. The van der Waals surface area contributed by atoms with Crippen LogP contribution in [-0.4, -0.2) is 35.3 Å². The van der Waals surface area contributed by atoms with Crippen molar-refractivity contribution < 1.29 is 9.47 Å². The van der Waals surface area contributed by atoms with Crippen molar-refractivity contribution in [3.8, 4) is 0 Å². The largest absolute Gasteiger partial charge is 0.381 e. The van der Waals surface area contributed by atoms with Gasteiger partial charge in [0.15, 0.2) is 5.82 Å². The van der Waals surface area contributed by atoms with Gasteiger partial charge in [-0.1, -0.05) is 0 Å². The van der Waals surface area contributed by atoms with Crippen LogP contribution in [0.1, 0.15) is 52.1 Å². The topological polar surface area (TPSA) is 56.3 Å². The Morgan fingerprint density at radius 2 is 2.05 bits per heavy atom. The molecule has 1 aliphatic rings. The second-order valence-electron chi connectivity index (χ2n) is 6.51. The van der Waals surface area contributed by atoms with Gasteiger partial charge in [-0.15, -0.1) is 0 Å². The number of nitrogens with zero attached hydrogens (tertiary/aromatic N) is 2. The van der Waals surface area contributed by atoms with E-state index in [0.29, 0.717) is 19.8 Å². The lowest BCUT2D eigenvalue weighted by molar-refractivity contribution is -0.118. The summed E-state index contributed by atoms with van der Waals surface area (Å²) in [6.07, 6.45) is 3.46. The summed E-state index contributed by atoms with van der Waals surface area (Å²) in [5.41, 5.74) is 0.687. The van der Waals surface area contributed by atoms with Gasteiger partial charge in [0.25, 0.3) is 0 Å². The maximum Gasteiger partial charge on any atom is 0.160 e. The summed E-state index contributed by atoms with van der Waals surface area (Å²) in [6.45, 7) is 11.3. The lowest BCUT2D eigenvalue weighted by Gasteiger charge is -2.35. The van der Waals surface area contributed by atoms with Crippen molar-refractivity contribution in [2.24, 2.45) is 0 Å². The summed E-state index contributed by atoms with van der Waals surface area (Å²) in [6, 6.07) is 1.96. The summed E-state index contributed by atoms with van der Waals surface area (Å²) >= 11 is 0. The smallest absolute Gasteiger partial charge is 0.160 e. The zero-order valence-corrected chi connectivity index (χ0v) is 13.6. The van der Waals surface area contributed by atoms with Gasteiger partial charge in [0.2, 0.25) is 0 Å². The molecule has 0 bridgehead atoms. The lowest BCUT2D eigenvalue weighted by Crippen LogP contribution is -2.39. The van der Waals surface area contributed by atoms with Gasteiger partial charge in [0, 0.05) is 50.9 Å². The number of nitrogens with one attached hydrogen (secondary N) is 1. The van der Waals surface area contributed by atoms with E-state index in [1.165, 1.54) is 0 Å². The van der Waals surface area contributed by atoms with E-state index in [4.69, 9.17) is 14.5 Å². The van der Waals surface area contributed by atoms with Crippen LogP contribution in [0.3, 0.4) is 0 Å². The molecule has 0 aromatic carbocycles. The monoisotopic (exact) mass is 293 g/mol. The summed E-state index contributed by atoms with van der Waals surface area (Å²) in [5, 5.41) is 3.46. The molecule has 1 aliphatic heterocycles. The predicted octanol–water partition coefficient (Wildman–Crippen LogP) is 2.41. The number of hydrogen-bond donors (Lipinski definition) is 1. The first-order valence-electron chi connectivity index (χ1n) is 7.74. The van der Waals surface area contributed by atoms with E-state index in [9.17, 15) is 0 Å². The summed E-state index contributed by atoms with van der Waals surface area (Å²) < 4.78 is 11.5. The number of ether oxygens (including phenoxy) is 2.